The fourth-order valence-electron chi connectivity index (χ4n) is 1.07. The number of nitrogens with two attached hydrogens (primary N) is 2. The van der Waals surface area contributed by atoms with Gasteiger partial charge < -0.3 is 16.2 Å². The fourth-order valence-corrected chi connectivity index (χ4v) is 1.07. The lowest BCUT2D eigenvalue weighted by Crippen LogP contribution is -2.21. The van der Waals surface area contributed by atoms with Crippen molar-refractivity contribution in [1.82, 2.24) is 0 Å². The van der Waals surface area contributed by atoms with E-state index < -0.39 is 0 Å². The third-order valence-corrected chi connectivity index (χ3v) is 1.81. The van der Waals surface area contributed by atoms with Crippen LogP contribution in [0.4, 0.5) is 0 Å². The third kappa shape index (κ3) is 1.58. The molecule has 1 aliphatic rings. The number of carbonyl (C=O) groups excluding carboxylic acids is 1. The van der Waals surface area contributed by atoms with Gasteiger partial charge >= 0.3 is 5.97 Å². The topological polar surface area (TPSA) is 78.3 Å². The van der Waals surface area contributed by atoms with Gasteiger partial charge in [-0.2, -0.15) is 0 Å². The number of ether oxygens (including phenoxy) is 1. The second-order valence-corrected chi connectivity index (χ2v) is 2.65. The molecule has 0 saturated heterocycles. The molecule has 0 spiro atoms. The quantitative estimate of drug-likeness (QED) is 0.534. The zero-order valence-electron chi connectivity index (χ0n) is 6.91. The van der Waals surface area contributed by atoms with E-state index in [0.29, 0.717) is 17.8 Å². The summed E-state index contributed by atoms with van der Waals surface area (Å²) in [6.45, 7) is 0. The Hall–Kier alpha value is -1.45. The summed E-state index contributed by atoms with van der Waals surface area (Å²) in [6, 6.07) is 0. The third-order valence-electron chi connectivity index (χ3n) is 1.81. The SMILES string of the molecule is COC(=O)C1C=C(N)C(N)=CC1. The molecule has 0 aromatic carbocycles. The van der Waals surface area contributed by atoms with Gasteiger partial charge in [-0.3, -0.25) is 4.79 Å². The molecule has 4 heteroatoms. The van der Waals surface area contributed by atoms with E-state index in [2.05, 4.69) is 4.74 Å². The van der Waals surface area contributed by atoms with E-state index in [1.54, 1.807) is 12.2 Å². The summed E-state index contributed by atoms with van der Waals surface area (Å²) in [5.41, 5.74) is 12.0. The van der Waals surface area contributed by atoms with E-state index >= 15 is 0 Å². The van der Waals surface area contributed by atoms with Crippen molar-refractivity contribution in [2.24, 2.45) is 17.4 Å². The maximum atomic E-state index is 11.0. The lowest BCUT2D eigenvalue weighted by atomic mass is 9.98. The Morgan fingerprint density at radius 1 is 1.58 bits per heavy atom. The largest absolute Gasteiger partial charge is 0.469 e. The van der Waals surface area contributed by atoms with Crippen LogP contribution in [0, 0.1) is 5.92 Å². The molecule has 0 heterocycles. The maximum Gasteiger partial charge on any atom is 0.312 e. The minimum Gasteiger partial charge on any atom is -0.469 e. The maximum absolute atomic E-state index is 11.0. The first-order chi connectivity index (χ1) is 5.65. The Bertz CT molecular complexity index is 256. The van der Waals surface area contributed by atoms with Crippen LogP contribution in [0.1, 0.15) is 6.42 Å². The zero-order valence-corrected chi connectivity index (χ0v) is 6.91. The molecular formula is C8H12N2O2. The van der Waals surface area contributed by atoms with E-state index in [9.17, 15) is 4.79 Å². The van der Waals surface area contributed by atoms with Gasteiger partial charge in [0.1, 0.15) is 0 Å². The molecule has 1 aliphatic carbocycles. The van der Waals surface area contributed by atoms with Gasteiger partial charge in [-0.1, -0.05) is 6.08 Å². The standard InChI is InChI=1S/C8H12N2O2/c1-12-8(11)5-2-3-6(9)7(10)4-5/h3-5H,2,9-10H2,1H3. The first-order valence-corrected chi connectivity index (χ1v) is 3.66. The number of rotatable bonds is 1. The van der Waals surface area contributed by atoms with Crippen molar-refractivity contribution in [3.63, 3.8) is 0 Å². The van der Waals surface area contributed by atoms with Gasteiger partial charge in [0.2, 0.25) is 0 Å². The number of esters is 1. The normalized spacial score (nSPS) is 22.6. The number of methoxy groups -OCH3 is 1. The summed E-state index contributed by atoms with van der Waals surface area (Å²) in [4.78, 5) is 11.0. The van der Waals surface area contributed by atoms with Gasteiger partial charge in [-0.25, -0.2) is 0 Å². The van der Waals surface area contributed by atoms with Crippen LogP contribution in [0.25, 0.3) is 0 Å². The molecule has 1 atom stereocenters. The summed E-state index contributed by atoms with van der Waals surface area (Å²) in [5, 5.41) is 0. The van der Waals surface area contributed by atoms with Crippen LogP contribution >= 0.6 is 0 Å². The van der Waals surface area contributed by atoms with Gasteiger partial charge in [0.15, 0.2) is 0 Å². The molecule has 12 heavy (non-hydrogen) atoms. The Morgan fingerprint density at radius 2 is 2.25 bits per heavy atom. The van der Waals surface area contributed by atoms with E-state index in [1.165, 1.54) is 7.11 Å². The predicted octanol–water partition coefficient (Wildman–Crippen LogP) is -0.136. The molecule has 0 radical (unpaired) electrons. The number of allylic oxidation sites excluding steroid dienone is 1. The smallest absolute Gasteiger partial charge is 0.312 e. The number of hydrogen-bond acceptors (Lipinski definition) is 4. The fraction of sp³-hybridized carbons (Fsp3) is 0.375. The van der Waals surface area contributed by atoms with Gasteiger partial charge in [-0.15, -0.1) is 0 Å². The van der Waals surface area contributed by atoms with Crippen molar-refractivity contribution in [3.05, 3.63) is 23.5 Å². The van der Waals surface area contributed by atoms with Gasteiger partial charge in [0.25, 0.3) is 0 Å². The highest BCUT2D eigenvalue weighted by Crippen LogP contribution is 2.17. The monoisotopic (exact) mass is 168 g/mol. The van der Waals surface area contributed by atoms with Crippen LogP contribution in [-0.2, 0) is 9.53 Å². The van der Waals surface area contributed by atoms with Crippen molar-refractivity contribution in [3.8, 4) is 0 Å². The van der Waals surface area contributed by atoms with Crippen LogP contribution in [0.3, 0.4) is 0 Å². The molecule has 4 N–H and O–H groups in total. The molecule has 1 unspecified atom stereocenters. The lowest BCUT2D eigenvalue weighted by Gasteiger charge is -2.14. The van der Waals surface area contributed by atoms with Crippen LogP contribution in [-0.4, -0.2) is 13.1 Å². The van der Waals surface area contributed by atoms with Crippen LogP contribution in [0.2, 0.25) is 0 Å². The van der Waals surface area contributed by atoms with Gasteiger partial charge in [0.05, 0.1) is 24.4 Å². The Kier molecular flexibility index (Phi) is 2.38. The number of carbonyl (C=O) groups is 1. The average molecular weight is 168 g/mol. The molecule has 0 aliphatic heterocycles. The van der Waals surface area contributed by atoms with Crippen molar-refractivity contribution >= 4 is 5.97 Å². The predicted molar refractivity (Wildman–Crippen MR) is 44.7 cm³/mol. The highest BCUT2D eigenvalue weighted by Gasteiger charge is 2.19. The first kappa shape index (κ1) is 8.64. The van der Waals surface area contributed by atoms with Crippen LogP contribution in [0.15, 0.2) is 23.5 Å². The molecule has 0 aromatic rings. The second kappa shape index (κ2) is 3.30. The van der Waals surface area contributed by atoms with Gasteiger partial charge in [-0.05, 0) is 12.5 Å². The van der Waals surface area contributed by atoms with E-state index in [4.69, 9.17) is 11.5 Å². The molecule has 1 rings (SSSR count). The first-order valence-electron chi connectivity index (χ1n) is 3.66. The van der Waals surface area contributed by atoms with Crippen molar-refractivity contribution in [1.29, 1.82) is 0 Å². The lowest BCUT2D eigenvalue weighted by molar-refractivity contribution is -0.143. The summed E-state index contributed by atoms with van der Waals surface area (Å²) in [5.74, 6) is -0.552. The molecule has 0 bridgehead atoms. The highest BCUT2D eigenvalue weighted by molar-refractivity contribution is 5.75. The Labute approximate surface area is 70.9 Å². The minimum atomic E-state index is -0.276. The second-order valence-electron chi connectivity index (χ2n) is 2.65. The average Bonchev–Trinajstić information content (AvgIpc) is 2.08. The molecule has 4 nitrogen and oxygen atoms in total. The molecule has 0 saturated carbocycles. The molecule has 0 amide bonds. The molecule has 66 valence electrons. The summed E-state index contributed by atoms with van der Waals surface area (Å²) in [7, 11) is 1.36. The van der Waals surface area contributed by atoms with Crippen LogP contribution in [0.5, 0.6) is 0 Å². The summed E-state index contributed by atoms with van der Waals surface area (Å²) >= 11 is 0. The van der Waals surface area contributed by atoms with Crippen molar-refractivity contribution in [2.45, 2.75) is 6.42 Å². The van der Waals surface area contributed by atoms with Crippen molar-refractivity contribution in [2.75, 3.05) is 7.11 Å². The summed E-state index contributed by atoms with van der Waals surface area (Å²) in [6.07, 6.45) is 3.93. The Balaban J connectivity index is 2.71. The summed E-state index contributed by atoms with van der Waals surface area (Å²) < 4.78 is 4.56. The van der Waals surface area contributed by atoms with E-state index in [0.717, 1.165) is 0 Å². The minimum absolute atomic E-state index is 0.276. The van der Waals surface area contributed by atoms with E-state index in [1.807, 2.05) is 0 Å². The molecule has 0 aromatic heterocycles. The van der Waals surface area contributed by atoms with E-state index in [-0.39, 0.29) is 11.9 Å². The number of hydrogen-bond donors (Lipinski definition) is 2. The molecular weight excluding hydrogens is 156 g/mol. The molecule has 0 fully saturated rings. The highest BCUT2D eigenvalue weighted by atomic mass is 16.5. The zero-order chi connectivity index (χ0) is 9.14. The Morgan fingerprint density at radius 3 is 2.75 bits per heavy atom. The van der Waals surface area contributed by atoms with Crippen molar-refractivity contribution < 1.29 is 9.53 Å². The van der Waals surface area contributed by atoms with Gasteiger partial charge in [0, 0.05) is 0 Å². The van der Waals surface area contributed by atoms with Crippen LogP contribution < -0.4 is 11.5 Å².